The number of carbonyl (C=O) groups excluding carboxylic acids is 1. The summed E-state index contributed by atoms with van der Waals surface area (Å²) in [5.74, 6) is -1.57. The van der Waals surface area contributed by atoms with Gasteiger partial charge in [0.2, 0.25) is 0 Å². The fraction of sp³-hybridized carbons (Fsp3) is 0.364. The number of hydrogen-bond acceptors (Lipinski definition) is 3. The van der Waals surface area contributed by atoms with Gasteiger partial charge in [-0.05, 0) is 34.6 Å². The Morgan fingerprint density at radius 2 is 1.63 bits per heavy atom. The molecule has 1 atom stereocenters. The number of carbonyl (C=O) groups is 2. The van der Waals surface area contributed by atoms with Gasteiger partial charge < -0.3 is 15.5 Å². The first-order valence-corrected chi connectivity index (χ1v) is 9.15. The highest BCUT2D eigenvalue weighted by Crippen LogP contribution is 2.33. The standard InChI is InChI=1S/C22H27NO4/c1-13(2)16-11-17(14(3)4)20(24)18(12-16)21(25)23-19(22(26)27)10-15-8-6-5-7-9-15/h5-9,11-14,19,24H,10H2,1-4H3,(H,23,25)(H,26,27). The van der Waals surface area contributed by atoms with E-state index in [0.29, 0.717) is 5.56 Å². The number of benzene rings is 2. The third kappa shape index (κ3) is 5.09. The normalized spacial score (nSPS) is 12.2. The minimum atomic E-state index is -1.12. The molecule has 0 aliphatic rings. The SMILES string of the molecule is CC(C)c1cc(C(=O)NC(Cc2ccccc2)C(=O)O)c(O)c(C(C)C)c1. The predicted octanol–water partition coefficient (Wildman–Crippen LogP) is 4.06. The van der Waals surface area contributed by atoms with Gasteiger partial charge in [0.25, 0.3) is 5.91 Å². The molecule has 1 amide bonds. The summed E-state index contributed by atoms with van der Waals surface area (Å²) in [5.41, 5.74) is 2.54. The maximum absolute atomic E-state index is 12.8. The molecule has 2 rings (SSSR count). The molecule has 0 heterocycles. The van der Waals surface area contributed by atoms with Crippen LogP contribution < -0.4 is 5.32 Å². The van der Waals surface area contributed by atoms with Crippen molar-refractivity contribution in [2.45, 2.75) is 52.0 Å². The maximum Gasteiger partial charge on any atom is 0.326 e. The maximum atomic E-state index is 12.8. The van der Waals surface area contributed by atoms with Crippen LogP contribution in [0.4, 0.5) is 0 Å². The van der Waals surface area contributed by atoms with Crippen molar-refractivity contribution in [1.29, 1.82) is 0 Å². The molecule has 2 aromatic carbocycles. The van der Waals surface area contributed by atoms with Gasteiger partial charge in [-0.3, -0.25) is 4.79 Å². The van der Waals surface area contributed by atoms with Crippen LogP contribution in [0.1, 0.15) is 66.6 Å². The first-order valence-electron chi connectivity index (χ1n) is 9.15. The minimum Gasteiger partial charge on any atom is -0.507 e. The summed E-state index contributed by atoms with van der Waals surface area (Å²) >= 11 is 0. The monoisotopic (exact) mass is 369 g/mol. The van der Waals surface area contributed by atoms with E-state index in [1.165, 1.54) is 0 Å². The molecule has 0 aromatic heterocycles. The molecule has 5 nitrogen and oxygen atoms in total. The second-order valence-corrected chi connectivity index (χ2v) is 7.37. The van der Waals surface area contributed by atoms with Crippen LogP contribution in [0.2, 0.25) is 0 Å². The molecule has 144 valence electrons. The predicted molar refractivity (Wildman–Crippen MR) is 105 cm³/mol. The number of phenolic OH excluding ortho intramolecular Hbond substituents is 1. The van der Waals surface area contributed by atoms with E-state index in [9.17, 15) is 19.8 Å². The second kappa shape index (κ2) is 8.71. The average Bonchev–Trinajstić information content (AvgIpc) is 2.61. The lowest BCUT2D eigenvalue weighted by atomic mass is 9.91. The van der Waals surface area contributed by atoms with Gasteiger partial charge in [0.05, 0.1) is 5.56 Å². The molecule has 0 radical (unpaired) electrons. The minimum absolute atomic E-state index is 0.0369. The zero-order valence-electron chi connectivity index (χ0n) is 16.2. The number of carboxylic acids is 1. The van der Waals surface area contributed by atoms with Crippen LogP contribution in [0.3, 0.4) is 0 Å². The van der Waals surface area contributed by atoms with E-state index in [1.54, 1.807) is 6.07 Å². The van der Waals surface area contributed by atoms with Gasteiger partial charge >= 0.3 is 5.97 Å². The highest BCUT2D eigenvalue weighted by atomic mass is 16.4. The van der Waals surface area contributed by atoms with E-state index in [2.05, 4.69) is 5.32 Å². The number of nitrogens with one attached hydrogen (secondary N) is 1. The average molecular weight is 369 g/mol. The molecule has 0 spiro atoms. The van der Waals surface area contributed by atoms with Crippen LogP contribution in [0.25, 0.3) is 0 Å². The molecule has 27 heavy (non-hydrogen) atoms. The number of hydrogen-bond donors (Lipinski definition) is 3. The summed E-state index contributed by atoms with van der Waals surface area (Å²) in [6.07, 6.45) is 0.170. The number of aromatic hydroxyl groups is 1. The number of aliphatic carboxylic acids is 1. The Morgan fingerprint density at radius 3 is 2.15 bits per heavy atom. The van der Waals surface area contributed by atoms with Gasteiger partial charge in [-0.1, -0.05) is 64.1 Å². The molecule has 5 heteroatoms. The molecular weight excluding hydrogens is 342 g/mol. The molecule has 0 bridgehead atoms. The third-order valence-electron chi connectivity index (χ3n) is 4.58. The van der Waals surface area contributed by atoms with Crippen molar-refractivity contribution < 1.29 is 19.8 Å². The Balaban J connectivity index is 2.33. The first kappa shape index (κ1) is 20.5. The van der Waals surface area contributed by atoms with Crippen LogP contribution in [0.15, 0.2) is 42.5 Å². The van der Waals surface area contributed by atoms with Crippen molar-refractivity contribution in [3.05, 3.63) is 64.7 Å². The summed E-state index contributed by atoms with van der Waals surface area (Å²) in [7, 11) is 0. The van der Waals surface area contributed by atoms with E-state index in [0.717, 1.165) is 11.1 Å². The Hall–Kier alpha value is -2.82. The highest BCUT2D eigenvalue weighted by molar-refractivity contribution is 5.99. The van der Waals surface area contributed by atoms with E-state index in [4.69, 9.17) is 0 Å². The fourth-order valence-corrected chi connectivity index (χ4v) is 2.91. The largest absolute Gasteiger partial charge is 0.507 e. The molecule has 0 saturated heterocycles. The van der Waals surface area contributed by atoms with Crippen molar-refractivity contribution in [2.24, 2.45) is 0 Å². The van der Waals surface area contributed by atoms with Crippen molar-refractivity contribution >= 4 is 11.9 Å². The summed E-state index contributed by atoms with van der Waals surface area (Å²) in [4.78, 5) is 24.4. The molecule has 0 fully saturated rings. The quantitative estimate of drug-likeness (QED) is 0.687. The first-order chi connectivity index (χ1) is 12.7. The van der Waals surface area contributed by atoms with E-state index in [1.807, 2.05) is 64.1 Å². The second-order valence-electron chi connectivity index (χ2n) is 7.37. The zero-order valence-corrected chi connectivity index (χ0v) is 16.2. The third-order valence-corrected chi connectivity index (χ3v) is 4.58. The van der Waals surface area contributed by atoms with Gasteiger partial charge in [0.15, 0.2) is 0 Å². The summed E-state index contributed by atoms with van der Waals surface area (Å²) in [6, 6.07) is 11.6. The summed E-state index contributed by atoms with van der Waals surface area (Å²) in [5, 5.41) is 22.6. The van der Waals surface area contributed by atoms with Crippen molar-refractivity contribution in [1.82, 2.24) is 5.32 Å². The molecule has 0 aliphatic carbocycles. The number of rotatable bonds is 7. The summed E-state index contributed by atoms with van der Waals surface area (Å²) in [6.45, 7) is 7.90. The number of phenols is 1. The van der Waals surface area contributed by atoms with Gasteiger partial charge in [0, 0.05) is 6.42 Å². The Kier molecular flexibility index (Phi) is 6.61. The van der Waals surface area contributed by atoms with Crippen LogP contribution in [-0.2, 0) is 11.2 Å². The van der Waals surface area contributed by atoms with Crippen LogP contribution >= 0.6 is 0 Å². The van der Waals surface area contributed by atoms with Gasteiger partial charge in [-0.2, -0.15) is 0 Å². The van der Waals surface area contributed by atoms with Gasteiger partial charge in [-0.25, -0.2) is 4.79 Å². The van der Waals surface area contributed by atoms with Gasteiger partial charge in [0.1, 0.15) is 11.8 Å². The van der Waals surface area contributed by atoms with E-state index < -0.39 is 17.9 Å². The molecule has 3 N–H and O–H groups in total. The lowest BCUT2D eigenvalue weighted by Crippen LogP contribution is -2.42. The van der Waals surface area contributed by atoms with Crippen LogP contribution in [-0.4, -0.2) is 28.1 Å². The zero-order chi connectivity index (χ0) is 20.1. The van der Waals surface area contributed by atoms with Crippen LogP contribution in [0, 0.1) is 0 Å². The highest BCUT2D eigenvalue weighted by Gasteiger charge is 2.25. The summed E-state index contributed by atoms with van der Waals surface area (Å²) < 4.78 is 0. The Morgan fingerprint density at radius 1 is 1.00 bits per heavy atom. The molecule has 0 saturated carbocycles. The van der Waals surface area contributed by atoms with Gasteiger partial charge in [-0.15, -0.1) is 0 Å². The lowest BCUT2D eigenvalue weighted by Gasteiger charge is -2.19. The lowest BCUT2D eigenvalue weighted by molar-refractivity contribution is -0.139. The molecule has 2 aromatic rings. The van der Waals surface area contributed by atoms with Crippen molar-refractivity contribution in [2.75, 3.05) is 0 Å². The fourth-order valence-electron chi connectivity index (χ4n) is 2.91. The Bertz CT molecular complexity index is 813. The number of carboxylic acid groups (broad SMARTS) is 1. The Labute approximate surface area is 160 Å². The molecule has 1 unspecified atom stereocenters. The van der Waals surface area contributed by atoms with E-state index in [-0.39, 0.29) is 29.6 Å². The smallest absolute Gasteiger partial charge is 0.326 e. The van der Waals surface area contributed by atoms with E-state index >= 15 is 0 Å². The van der Waals surface area contributed by atoms with Crippen LogP contribution in [0.5, 0.6) is 5.75 Å². The number of amides is 1. The van der Waals surface area contributed by atoms with Crippen molar-refractivity contribution in [3.8, 4) is 5.75 Å². The molecule has 0 aliphatic heterocycles. The topological polar surface area (TPSA) is 86.6 Å². The van der Waals surface area contributed by atoms with Crippen molar-refractivity contribution in [3.63, 3.8) is 0 Å². The molecular formula is C22H27NO4.